The van der Waals surface area contributed by atoms with Gasteiger partial charge in [-0.3, -0.25) is 0 Å². The second kappa shape index (κ2) is 7.85. The molecule has 0 fully saturated rings. The van der Waals surface area contributed by atoms with Crippen LogP contribution in [0.5, 0.6) is 5.75 Å². The Hall–Kier alpha value is -2.11. The number of halogens is 2. The van der Waals surface area contributed by atoms with Gasteiger partial charge in [-0.05, 0) is 48.7 Å². The van der Waals surface area contributed by atoms with E-state index in [0.29, 0.717) is 35.9 Å². The zero-order valence-corrected chi connectivity index (χ0v) is 14.6. The average Bonchev–Trinajstić information content (AvgIpc) is 2.61. The van der Waals surface area contributed by atoms with Crippen molar-refractivity contribution in [1.82, 2.24) is 5.32 Å². The SMILES string of the molecule is CCOC(=O)COc1ccc(Cl)cc1C1NCCc2c(F)cccc21. The molecule has 1 aliphatic heterocycles. The number of nitrogens with one attached hydrogen (secondary N) is 1. The van der Waals surface area contributed by atoms with Crippen molar-refractivity contribution in [1.29, 1.82) is 0 Å². The van der Waals surface area contributed by atoms with Gasteiger partial charge in [0.2, 0.25) is 0 Å². The molecule has 1 aliphatic rings. The highest BCUT2D eigenvalue weighted by Crippen LogP contribution is 2.36. The molecule has 0 aromatic heterocycles. The molecule has 0 saturated carbocycles. The van der Waals surface area contributed by atoms with E-state index in [0.717, 1.165) is 11.1 Å². The van der Waals surface area contributed by atoms with Crippen molar-refractivity contribution in [2.75, 3.05) is 19.8 Å². The van der Waals surface area contributed by atoms with E-state index in [9.17, 15) is 9.18 Å². The minimum Gasteiger partial charge on any atom is -0.482 e. The lowest BCUT2D eigenvalue weighted by Crippen LogP contribution is -2.31. The van der Waals surface area contributed by atoms with Crippen LogP contribution in [0.1, 0.15) is 29.7 Å². The summed E-state index contributed by atoms with van der Waals surface area (Å²) in [5.41, 5.74) is 2.32. The van der Waals surface area contributed by atoms with E-state index >= 15 is 0 Å². The summed E-state index contributed by atoms with van der Waals surface area (Å²) in [5, 5.41) is 3.92. The van der Waals surface area contributed by atoms with Crippen LogP contribution in [0.25, 0.3) is 0 Å². The third kappa shape index (κ3) is 3.94. The predicted molar refractivity (Wildman–Crippen MR) is 93.5 cm³/mol. The van der Waals surface area contributed by atoms with Gasteiger partial charge >= 0.3 is 5.97 Å². The van der Waals surface area contributed by atoms with E-state index in [-0.39, 0.29) is 18.5 Å². The van der Waals surface area contributed by atoms with Crippen molar-refractivity contribution in [3.8, 4) is 5.75 Å². The Kier molecular flexibility index (Phi) is 5.56. The van der Waals surface area contributed by atoms with Gasteiger partial charge in [0, 0.05) is 17.1 Å². The Morgan fingerprint density at radius 3 is 2.96 bits per heavy atom. The van der Waals surface area contributed by atoms with Gasteiger partial charge in [0.25, 0.3) is 0 Å². The first kappa shape index (κ1) is 17.7. The van der Waals surface area contributed by atoms with Crippen molar-refractivity contribution in [2.24, 2.45) is 0 Å². The van der Waals surface area contributed by atoms with E-state index in [1.165, 1.54) is 6.07 Å². The van der Waals surface area contributed by atoms with Gasteiger partial charge in [-0.25, -0.2) is 9.18 Å². The minimum atomic E-state index is -0.438. The molecule has 0 radical (unpaired) electrons. The Morgan fingerprint density at radius 1 is 1.32 bits per heavy atom. The molecular weight excluding hydrogens is 345 g/mol. The van der Waals surface area contributed by atoms with Crippen LogP contribution in [0.3, 0.4) is 0 Å². The van der Waals surface area contributed by atoms with Crippen LogP contribution in [0.15, 0.2) is 36.4 Å². The molecule has 132 valence electrons. The lowest BCUT2D eigenvalue weighted by molar-refractivity contribution is -0.145. The summed E-state index contributed by atoms with van der Waals surface area (Å²) in [6.07, 6.45) is 0.623. The number of fused-ring (bicyclic) bond motifs is 1. The number of carbonyl (C=O) groups is 1. The molecule has 25 heavy (non-hydrogen) atoms. The molecule has 1 unspecified atom stereocenters. The van der Waals surface area contributed by atoms with Crippen LogP contribution in [-0.4, -0.2) is 25.7 Å². The average molecular weight is 364 g/mol. The summed E-state index contributed by atoms with van der Waals surface area (Å²) in [7, 11) is 0. The summed E-state index contributed by atoms with van der Waals surface area (Å²) in [5.74, 6) is -0.126. The fraction of sp³-hybridized carbons (Fsp3) is 0.316. The molecule has 2 aromatic carbocycles. The van der Waals surface area contributed by atoms with Gasteiger partial charge in [-0.1, -0.05) is 23.7 Å². The number of ether oxygens (including phenoxy) is 2. The second-order valence-corrected chi connectivity index (χ2v) is 6.16. The van der Waals surface area contributed by atoms with Crippen LogP contribution in [0, 0.1) is 5.82 Å². The molecule has 4 nitrogen and oxygen atoms in total. The quantitative estimate of drug-likeness (QED) is 0.824. The molecule has 0 bridgehead atoms. The Morgan fingerprint density at radius 2 is 2.16 bits per heavy atom. The Balaban J connectivity index is 1.94. The van der Waals surface area contributed by atoms with Crippen LogP contribution in [0.4, 0.5) is 4.39 Å². The maximum absolute atomic E-state index is 14.1. The number of hydrogen-bond acceptors (Lipinski definition) is 4. The van der Waals surface area contributed by atoms with Crippen molar-refractivity contribution < 1.29 is 18.7 Å². The third-order valence-electron chi connectivity index (χ3n) is 4.12. The van der Waals surface area contributed by atoms with E-state index in [1.54, 1.807) is 31.2 Å². The Bertz CT molecular complexity index is 781. The highest BCUT2D eigenvalue weighted by molar-refractivity contribution is 6.30. The maximum atomic E-state index is 14.1. The number of rotatable bonds is 5. The van der Waals surface area contributed by atoms with Crippen LogP contribution >= 0.6 is 11.6 Å². The molecule has 3 rings (SSSR count). The van der Waals surface area contributed by atoms with Gasteiger partial charge in [-0.2, -0.15) is 0 Å². The Labute approximate surface area is 150 Å². The smallest absolute Gasteiger partial charge is 0.344 e. The highest BCUT2D eigenvalue weighted by Gasteiger charge is 2.26. The van der Waals surface area contributed by atoms with E-state index in [4.69, 9.17) is 21.1 Å². The third-order valence-corrected chi connectivity index (χ3v) is 4.36. The number of carbonyl (C=O) groups excluding carboxylic acids is 1. The van der Waals surface area contributed by atoms with Gasteiger partial charge in [-0.15, -0.1) is 0 Å². The van der Waals surface area contributed by atoms with Crippen molar-refractivity contribution in [3.63, 3.8) is 0 Å². The summed E-state index contributed by atoms with van der Waals surface area (Å²) in [6, 6.07) is 9.99. The zero-order valence-electron chi connectivity index (χ0n) is 13.9. The first-order valence-electron chi connectivity index (χ1n) is 8.18. The lowest BCUT2D eigenvalue weighted by Gasteiger charge is -2.29. The molecule has 1 heterocycles. The fourth-order valence-electron chi connectivity index (χ4n) is 3.05. The summed E-state index contributed by atoms with van der Waals surface area (Å²) >= 11 is 6.16. The van der Waals surface area contributed by atoms with E-state index < -0.39 is 5.97 Å². The predicted octanol–water partition coefficient (Wildman–Crippen LogP) is 3.66. The lowest BCUT2D eigenvalue weighted by atomic mass is 9.89. The summed E-state index contributed by atoms with van der Waals surface area (Å²) in [6.45, 7) is 2.49. The van der Waals surface area contributed by atoms with Gasteiger partial charge in [0.15, 0.2) is 6.61 Å². The van der Waals surface area contributed by atoms with E-state index in [2.05, 4.69) is 5.32 Å². The van der Waals surface area contributed by atoms with Crippen LogP contribution < -0.4 is 10.1 Å². The first-order chi connectivity index (χ1) is 12.1. The van der Waals surface area contributed by atoms with E-state index in [1.807, 2.05) is 6.07 Å². The molecule has 0 saturated heterocycles. The van der Waals surface area contributed by atoms with Gasteiger partial charge in [0.05, 0.1) is 12.6 Å². The largest absolute Gasteiger partial charge is 0.482 e. The highest BCUT2D eigenvalue weighted by atomic mass is 35.5. The molecule has 1 atom stereocenters. The standard InChI is InChI=1S/C19H19ClFNO3/c1-2-24-18(23)11-25-17-7-6-12(20)10-15(17)19-14-4-3-5-16(21)13(14)8-9-22-19/h3-7,10,19,22H,2,8-9,11H2,1H3. The number of hydrogen-bond donors (Lipinski definition) is 1. The normalized spacial score (nSPS) is 16.2. The maximum Gasteiger partial charge on any atom is 0.344 e. The molecule has 2 aromatic rings. The molecule has 0 amide bonds. The van der Waals surface area contributed by atoms with Crippen molar-refractivity contribution >= 4 is 17.6 Å². The molecule has 0 aliphatic carbocycles. The molecule has 1 N–H and O–H groups in total. The monoisotopic (exact) mass is 363 g/mol. The summed E-state index contributed by atoms with van der Waals surface area (Å²) < 4.78 is 24.7. The van der Waals surface area contributed by atoms with Crippen molar-refractivity contribution in [2.45, 2.75) is 19.4 Å². The van der Waals surface area contributed by atoms with Gasteiger partial charge in [0.1, 0.15) is 11.6 Å². The number of benzene rings is 2. The van der Waals surface area contributed by atoms with Crippen molar-refractivity contribution in [3.05, 3.63) is 63.9 Å². The fourth-order valence-corrected chi connectivity index (χ4v) is 3.23. The molecular formula is C19H19ClFNO3. The molecule has 0 spiro atoms. The topological polar surface area (TPSA) is 47.6 Å². The second-order valence-electron chi connectivity index (χ2n) is 5.72. The number of esters is 1. The van der Waals surface area contributed by atoms with Crippen LogP contribution in [-0.2, 0) is 16.0 Å². The zero-order chi connectivity index (χ0) is 17.8. The first-order valence-corrected chi connectivity index (χ1v) is 8.56. The van der Waals surface area contributed by atoms with Gasteiger partial charge < -0.3 is 14.8 Å². The van der Waals surface area contributed by atoms with Crippen LogP contribution in [0.2, 0.25) is 5.02 Å². The minimum absolute atomic E-state index is 0.189. The summed E-state index contributed by atoms with van der Waals surface area (Å²) in [4.78, 5) is 11.6. The molecule has 6 heteroatoms.